The van der Waals surface area contributed by atoms with E-state index in [2.05, 4.69) is 15.4 Å². The zero-order valence-electron chi connectivity index (χ0n) is 10.0. The first-order valence-corrected chi connectivity index (χ1v) is 6.16. The molecule has 6 nitrogen and oxygen atoms in total. The van der Waals surface area contributed by atoms with E-state index in [9.17, 15) is 0 Å². The Morgan fingerprint density at radius 3 is 3.11 bits per heavy atom. The number of rotatable bonds is 4. The Bertz CT molecular complexity index is 705. The number of oxazole rings is 1. The lowest BCUT2D eigenvalue weighted by molar-refractivity contribution is 0.592. The maximum absolute atomic E-state index is 5.89. The first-order valence-electron chi connectivity index (χ1n) is 5.78. The predicted octanol–water partition coefficient (Wildman–Crippen LogP) is 2.37. The summed E-state index contributed by atoms with van der Waals surface area (Å²) >= 11 is 5.89. The van der Waals surface area contributed by atoms with Gasteiger partial charge in [-0.1, -0.05) is 11.6 Å². The molecule has 0 bridgehead atoms. The van der Waals surface area contributed by atoms with Crippen molar-refractivity contribution in [1.82, 2.24) is 14.8 Å². The molecule has 0 radical (unpaired) electrons. The standard InChI is InChI=1S/C12H12ClN5O/c13-8-1-2-11-10(5-8)17-12(19-11)15-3-4-18-7-9(14)6-16-18/h1-2,5-7H,3-4,14H2,(H,15,17). The molecule has 19 heavy (non-hydrogen) atoms. The average Bonchev–Trinajstić information content (AvgIpc) is 2.95. The second kappa shape index (κ2) is 4.81. The lowest BCUT2D eigenvalue weighted by atomic mass is 10.3. The molecule has 3 aromatic rings. The van der Waals surface area contributed by atoms with E-state index in [0.717, 1.165) is 5.52 Å². The highest BCUT2D eigenvalue weighted by atomic mass is 35.5. The van der Waals surface area contributed by atoms with Crippen molar-refractivity contribution in [1.29, 1.82) is 0 Å². The first-order chi connectivity index (χ1) is 9.20. The lowest BCUT2D eigenvalue weighted by Gasteiger charge is -2.01. The van der Waals surface area contributed by atoms with E-state index >= 15 is 0 Å². The Morgan fingerprint density at radius 2 is 2.32 bits per heavy atom. The fourth-order valence-electron chi connectivity index (χ4n) is 1.76. The van der Waals surface area contributed by atoms with Crippen LogP contribution in [0.25, 0.3) is 11.1 Å². The van der Waals surface area contributed by atoms with Crippen LogP contribution in [0.2, 0.25) is 5.02 Å². The number of nitrogens with one attached hydrogen (secondary N) is 1. The van der Waals surface area contributed by atoms with E-state index in [1.807, 2.05) is 0 Å². The van der Waals surface area contributed by atoms with Gasteiger partial charge in [-0.3, -0.25) is 4.68 Å². The monoisotopic (exact) mass is 277 g/mol. The van der Waals surface area contributed by atoms with Gasteiger partial charge in [-0.25, -0.2) is 0 Å². The van der Waals surface area contributed by atoms with Crippen molar-refractivity contribution in [3.63, 3.8) is 0 Å². The highest BCUT2D eigenvalue weighted by Gasteiger charge is 2.05. The fourth-order valence-corrected chi connectivity index (χ4v) is 1.92. The summed E-state index contributed by atoms with van der Waals surface area (Å²) in [5.41, 5.74) is 7.67. The van der Waals surface area contributed by atoms with Crippen LogP contribution in [0.1, 0.15) is 0 Å². The second-order valence-electron chi connectivity index (χ2n) is 4.09. The number of hydrogen-bond donors (Lipinski definition) is 2. The average molecular weight is 278 g/mol. The van der Waals surface area contributed by atoms with E-state index in [0.29, 0.717) is 35.4 Å². The van der Waals surface area contributed by atoms with Crippen LogP contribution >= 0.6 is 11.6 Å². The van der Waals surface area contributed by atoms with Crippen LogP contribution in [0, 0.1) is 0 Å². The van der Waals surface area contributed by atoms with Crippen molar-refractivity contribution in [2.75, 3.05) is 17.6 Å². The number of nitrogen functional groups attached to an aromatic ring is 1. The van der Waals surface area contributed by atoms with Crippen LogP contribution in [0.15, 0.2) is 35.0 Å². The SMILES string of the molecule is Nc1cnn(CCNc2nc3cc(Cl)ccc3o2)c1. The van der Waals surface area contributed by atoms with Crippen LogP contribution in [0.3, 0.4) is 0 Å². The Kier molecular flexibility index (Phi) is 3.00. The van der Waals surface area contributed by atoms with E-state index in [1.54, 1.807) is 35.3 Å². The van der Waals surface area contributed by atoms with Crippen molar-refractivity contribution in [2.24, 2.45) is 0 Å². The third-order valence-electron chi connectivity index (χ3n) is 2.62. The lowest BCUT2D eigenvalue weighted by Crippen LogP contribution is -2.10. The summed E-state index contributed by atoms with van der Waals surface area (Å²) < 4.78 is 7.28. The number of aromatic nitrogens is 3. The molecule has 0 aliphatic rings. The number of nitrogens with two attached hydrogens (primary N) is 1. The van der Waals surface area contributed by atoms with Gasteiger partial charge in [-0.05, 0) is 18.2 Å². The van der Waals surface area contributed by atoms with E-state index < -0.39 is 0 Å². The number of benzene rings is 1. The largest absolute Gasteiger partial charge is 0.424 e. The molecular formula is C12H12ClN5O. The zero-order chi connectivity index (χ0) is 13.2. The van der Waals surface area contributed by atoms with Gasteiger partial charge in [0, 0.05) is 17.8 Å². The minimum Gasteiger partial charge on any atom is -0.424 e. The smallest absolute Gasteiger partial charge is 0.295 e. The topological polar surface area (TPSA) is 81.9 Å². The molecule has 0 unspecified atom stereocenters. The molecule has 2 heterocycles. The first kappa shape index (κ1) is 11.9. The summed E-state index contributed by atoms with van der Waals surface area (Å²) in [4.78, 5) is 4.29. The summed E-state index contributed by atoms with van der Waals surface area (Å²) in [6.07, 6.45) is 3.38. The summed E-state index contributed by atoms with van der Waals surface area (Å²) in [5.74, 6) is 0. The molecule has 0 fully saturated rings. The van der Waals surface area contributed by atoms with Crippen molar-refractivity contribution in [2.45, 2.75) is 6.54 Å². The summed E-state index contributed by atoms with van der Waals surface area (Å²) in [7, 11) is 0. The Balaban J connectivity index is 1.65. The van der Waals surface area contributed by atoms with Crippen LogP contribution in [-0.4, -0.2) is 21.3 Å². The number of halogens is 1. The highest BCUT2D eigenvalue weighted by molar-refractivity contribution is 6.31. The minimum absolute atomic E-state index is 0.470. The molecular weight excluding hydrogens is 266 g/mol. The van der Waals surface area contributed by atoms with Crippen molar-refractivity contribution >= 4 is 34.4 Å². The van der Waals surface area contributed by atoms with Gasteiger partial charge in [-0.15, -0.1) is 0 Å². The second-order valence-corrected chi connectivity index (χ2v) is 4.53. The Hall–Kier alpha value is -2.21. The van der Waals surface area contributed by atoms with Crippen LogP contribution < -0.4 is 11.1 Å². The van der Waals surface area contributed by atoms with Gasteiger partial charge in [0.1, 0.15) is 5.52 Å². The molecule has 0 saturated heterocycles. The molecule has 0 saturated carbocycles. The third kappa shape index (κ3) is 2.63. The molecule has 0 amide bonds. The van der Waals surface area contributed by atoms with Gasteiger partial charge in [0.05, 0.1) is 18.4 Å². The molecule has 98 valence electrons. The van der Waals surface area contributed by atoms with E-state index in [1.165, 1.54) is 0 Å². The molecule has 0 aliphatic heterocycles. The minimum atomic E-state index is 0.470. The molecule has 3 N–H and O–H groups in total. The maximum Gasteiger partial charge on any atom is 0.295 e. The zero-order valence-corrected chi connectivity index (χ0v) is 10.8. The van der Waals surface area contributed by atoms with Crippen molar-refractivity contribution in [3.8, 4) is 0 Å². The van der Waals surface area contributed by atoms with Crippen LogP contribution in [0.5, 0.6) is 0 Å². The molecule has 0 atom stereocenters. The highest BCUT2D eigenvalue weighted by Crippen LogP contribution is 2.22. The molecule has 0 aliphatic carbocycles. The molecule has 1 aromatic carbocycles. The van der Waals surface area contributed by atoms with Crippen molar-refractivity contribution < 1.29 is 4.42 Å². The molecule has 7 heteroatoms. The molecule has 2 aromatic heterocycles. The summed E-state index contributed by atoms with van der Waals surface area (Å²) in [5, 5.41) is 7.81. The third-order valence-corrected chi connectivity index (χ3v) is 2.86. The normalized spacial score (nSPS) is 11.0. The van der Waals surface area contributed by atoms with Gasteiger partial charge in [0.2, 0.25) is 0 Å². The van der Waals surface area contributed by atoms with Gasteiger partial charge >= 0.3 is 0 Å². The van der Waals surface area contributed by atoms with Gasteiger partial charge < -0.3 is 15.5 Å². The molecule has 3 rings (SSSR count). The quantitative estimate of drug-likeness (QED) is 0.765. The Labute approximate surface area is 114 Å². The van der Waals surface area contributed by atoms with Gasteiger partial charge in [-0.2, -0.15) is 10.1 Å². The Morgan fingerprint density at radius 1 is 1.42 bits per heavy atom. The van der Waals surface area contributed by atoms with Gasteiger partial charge in [0.25, 0.3) is 6.01 Å². The number of nitrogens with zero attached hydrogens (tertiary/aromatic N) is 3. The predicted molar refractivity (Wildman–Crippen MR) is 74.1 cm³/mol. The summed E-state index contributed by atoms with van der Waals surface area (Å²) in [6, 6.07) is 5.80. The number of fused-ring (bicyclic) bond motifs is 1. The van der Waals surface area contributed by atoms with E-state index in [4.69, 9.17) is 21.8 Å². The van der Waals surface area contributed by atoms with E-state index in [-0.39, 0.29) is 0 Å². The van der Waals surface area contributed by atoms with Crippen LogP contribution in [0.4, 0.5) is 11.7 Å². The summed E-state index contributed by atoms with van der Waals surface area (Å²) in [6.45, 7) is 1.32. The van der Waals surface area contributed by atoms with Gasteiger partial charge in [0.15, 0.2) is 5.58 Å². The van der Waals surface area contributed by atoms with Crippen LogP contribution in [-0.2, 0) is 6.54 Å². The fraction of sp³-hybridized carbons (Fsp3) is 0.167. The maximum atomic E-state index is 5.89. The number of anilines is 2. The number of hydrogen-bond acceptors (Lipinski definition) is 5. The van der Waals surface area contributed by atoms with Crippen molar-refractivity contribution in [3.05, 3.63) is 35.6 Å². The molecule has 0 spiro atoms.